The Bertz CT molecular complexity index is 142. The van der Waals surface area contributed by atoms with Crippen molar-refractivity contribution in [2.24, 2.45) is 0 Å². The number of carbonyl (C=O) groups excluding carboxylic acids is 2. The summed E-state index contributed by atoms with van der Waals surface area (Å²) in [6, 6.07) is 0. The van der Waals surface area contributed by atoms with Gasteiger partial charge in [-0.1, -0.05) is 26.7 Å². The van der Waals surface area contributed by atoms with E-state index in [2.05, 4.69) is 0 Å². The van der Waals surface area contributed by atoms with Crippen LogP contribution in [0, 0.1) is 49.4 Å². The first-order valence-electron chi connectivity index (χ1n) is 4.94. The third-order valence-electron chi connectivity index (χ3n) is 1.47. The van der Waals surface area contributed by atoms with Crippen molar-refractivity contribution in [1.82, 2.24) is 0 Å². The second-order valence-electron chi connectivity index (χ2n) is 2.95. The molecule has 0 rings (SSSR count). The average Bonchev–Trinajstić information content (AvgIpc) is 2.12. The molecule has 0 unspecified atom stereocenters. The van der Waals surface area contributed by atoms with Gasteiger partial charge < -0.3 is 19.8 Å². The topological polar surface area (TPSA) is 80.3 Å². The van der Waals surface area contributed by atoms with E-state index in [9.17, 15) is 19.8 Å². The summed E-state index contributed by atoms with van der Waals surface area (Å²) in [5, 5.41) is 19.3. The summed E-state index contributed by atoms with van der Waals surface area (Å²) in [6.45, 7) is 3.89. The van der Waals surface area contributed by atoms with Crippen LogP contribution in [0.5, 0.6) is 0 Å². The van der Waals surface area contributed by atoms with Crippen LogP contribution in [0.15, 0.2) is 0 Å². The molecule has 89 valence electrons. The van der Waals surface area contributed by atoms with Gasteiger partial charge in [0.25, 0.3) is 0 Å². The van der Waals surface area contributed by atoms with E-state index in [0.29, 0.717) is 0 Å². The van der Waals surface area contributed by atoms with Crippen LogP contribution in [0.2, 0.25) is 0 Å². The molecule has 0 aromatic heterocycles. The van der Waals surface area contributed by atoms with Crippen LogP contribution in [0.1, 0.15) is 52.4 Å². The van der Waals surface area contributed by atoms with E-state index >= 15 is 0 Å². The molecule has 15 heavy (non-hydrogen) atoms. The molecule has 0 aromatic carbocycles. The van der Waals surface area contributed by atoms with E-state index in [1.807, 2.05) is 13.8 Å². The summed E-state index contributed by atoms with van der Waals surface area (Å²) in [4.78, 5) is 19.3. The fraction of sp³-hybridized carbons (Fsp3) is 0.800. The van der Waals surface area contributed by atoms with Crippen LogP contribution >= 0.6 is 0 Å². The monoisotopic (exact) mass is 355 g/mol. The Hall–Kier alpha value is 0.524. The molecule has 0 bridgehead atoms. The second-order valence-corrected chi connectivity index (χ2v) is 2.95. The van der Waals surface area contributed by atoms with E-state index in [-0.39, 0.29) is 62.2 Å². The average molecular weight is 354 g/mol. The van der Waals surface area contributed by atoms with Crippen molar-refractivity contribution < 1.29 is 69.2 Å². The Labute approximate surface area is 132 Å². The SMILES string of the molecule is CCCCC(=O)[O-].CCCCC(=O)[O-].[Eu+2]. The summed E-state index contributed by atoms with van der Waals surface area (Å²) in [6.07, 6.45) is 3.74. The molecule has 0 aliphatic heterocycles. The van der Waals surface area contributed by atoms with Crippen molar-refractivity contribution in [3.05, 3.63) is 0 Å². The minimum absolute atomic E-state index is 0. The maximum Gasteiger partial charge on any atom is 2.00 e. The summed E-state index contributed by atoms with van der Waals surface area (Å²) in [5.74, 6) is -1.89. The molecule has 0 fully saturated rings. The molecular formula is C10H18EuO4. The van der Waals surface area contributed by atoms with E-state index in [0.717, 1.165) is 25.7 Å². The van der Waals surface area contributed by atoms with Gasteiger partial charge in [0, 0.05) is 11.9 Å². The zero-order valence-corrected chi connectivity index (χ0v) is 11.7. The minimum Gasteiger partial charge on any atom is -0.550 e. The van der Waals surface area contributed by atoms with Gasteiger partial charge in [-0.15, -0.1) is 0 Å². The van der Waals surface area contributed by atoms with Gasteiger partial charge in [-0.05, 0) is 25.7 Å². The number of carboxylic acid groups (broad SMARTS) is 2. The number of hydrogen-bond donors (Lipinski definition) is 0. The van der Waals surface area contributed by atoms with Gasteiger partial charge in [0.15, 0.2) is 0 Å². The molecule has 0 saturated heterocycles. The summed E-state index contributed by atoms with van der Waals surface area (Å²) < 4.78 is 0. The number of aliphatic carboxylic acids is 2. The van der Waals surface area contributed by atoms with E-state index in [1.54, 1.807) is 0 Å². The Morgan fingerprint density at radius 2 is 1.13 bits per heavy atom. The van der Waals surface area contributed by atoms with Gasteiger partial charge in [0.05, 0.1) is 0 Å². The van der Waals surface area contributed by atoms with Crippen LogP contribution in [0.4, 0.5) is 0 Å². The van der Waals surface area contributed by atoms with Crippen molar-refractivity contribution in [2.45, 2.75) is 52.4 Å². The second kappa shape index (κ2) is 16.9. The zero-order valence-electron chi connectivity index (χ0n) is 9.25. The summed E-state index contributed by atoms with van der Waals surface area (Å²) >= 11 is 0. The molecule has 0 spiro atoms. The number of hydrogen-bond acceptors (Lipinski definition) is 4. The van der Waals surface area contributed by atoms with Gasteiger partial charge in [-0.25, -0.2) is 0 Å². The Kier molecular flexibility index (Phi) is 23.6. The minimum atomic E-state index is -0.943. The molecule has 0 heterocycles. The van der Waals surface area contributed by atoms with Crippen molar-refractivity contribution in [3.8, 4) is 0 Å². The van der Waals surface area contributed by atoms with E-state index in [1.165, 1.54) is 0 Å². The molecule has 0 aromatic rings. The van der Waals surface area contributed by atoms with Crippen LogP contribution in [0.3, 0.4) is 0 Å². The number of carboxylic acids is 2. The number of unbranched alkanes of at least 4 members (excludes halogenated alkanes) is 2. The first-order valence-corrected chi connectivity index (χ1v) is 4.94. The van der Waals surface area contributed by atoms with Gasteiger partial charge >= 0.3 is 49.4 Å². The maximum absolute atomic E-state index is 9.65. The van der Waals surface area contributed by atoms with Crippen molar-refractivity contribution in [2.75, 3.05) is 0 Å². The third kappa shape index (κ3) is 31.4. The van der Waals surface area contributed by atoms with Crippen molar-refractivity contribution >= 4 is 11.9 Å². The maximum atomic E-state index is 9.65. The van der Waals surface area contributed by atoms with Crippen LogP contribution < -0.4 is 10.2 Å². The predicted octanol–water partition coefficient (Wildman–Crippen LogP) is -0.147. The normalized spacial score (nSPS) is 8.13. The molecule has 0 N–H and O–H groups in total. The van der Waals surface area contributed by atoms with Gasteiger partial charge in [-0.3, -0.25) is 0 Å². The molecule has 0 atom stereocenters. The fourth-order valence-electron chi connectivity index (χ4n) is 0.642. The van der Waals surface area contributed by atoms with E-state index in [4.69, 9.17) is 0 Å². The molecule has 1 radical (unpaired) electrons. The Morgan fingerprint density at radius 3 is 1.20 bits per heavy atom. The number of carbonyl (C=O) groups is 2. The van der Waals surface area contributed by atoms with Gasteiger partial charge in [0.2, 0.25) is 0 Å². The quantitative estimate of drug-likeness (QED) is 0.665. The van der Waals surface area contributed by atoms with Gasteiger partial charge in [0.1, 0.15) is 0 Å². The molecule has 4 nitrogen and oxygen atoms in total. The van der Waals surface area contributed by atoms with Crippen LogP contribution in [-0.4, -0.2) is 11.9 Å². The zero-order chi connectivity index (χ0) is 11.4. The number of rotatable bonds is 6. The van der Waals surface area contributed by atoms with Gasteiger partial charge in [-0.2, -0.15) is 0 Å². The summed E-state index contributed by atoms with van der Waals surface area (Å²) in [5.41, 5.74) is 0. The predicted molar refractivity (Wildman–Crippen MR) is 49.1 cm³/mol. The fourth-order valence-corrected chi connectivity index (χ4v) is 0.642. The summed E-state index contributed by atoms with van der Waals surface area (Å²) in [7, 11) is 0. The third-order valence-corrected chi connectivity index (χ3v) is 1.47. The molecule has 0 amide bonds. The first-order chi connectivity index (χ1) is 6.54. The molecule has 5 heteroatoms. The molecule has 0 aliphatic rings. The largest absolute Gasteiger partial charge is 2.00 e. The molecule has 0 aliphatic carbocycles. The Balaban J connectivity index is -0.000000180. The van der Waals surface area contributed by atoms with Crippen LogP contribution in [-0.2, 0) is 9.59 Å². The van der Waals surface area contributed by atoms with Crippen LogP contribution in [0.25, 0.3) is 0 Å². The smallest absolute Gasteiger partial charge is 0.550 e. The standard InChI is InChI=1S/2C5H10O2.Eu/c2*1-2-3-4-5(6)7;/h2*2-4H2,1H3,(H,6,7);/q;;+2/p-2. The Morgan fingerprint density at radius 1 is 0.867 bits per heavy atom. The van der Waals surface area contributed by atoms with Crippen molar-refractivity contribution in [1.29, 1.82) is 0 Å². The van der Waals surface area contributed by atoms with E-state index < -0.39 is 11.9 Å². The van der Waals surface area contributed by atoms with Crippen molar-refractivity contribution in [3.63, 3.8) is 0 Å². The molecule has 0 saturated carbocycles. The molecular weight excluding hydrogens is 336 g/mol. The first kappa shape index (κ1) is 20.9.